The van der Waals surface area contributed by atoms with E-state index in [4.69, 9.17) is 5.73 Å². The molecule has 1 aliphatic carbocycles. The van der Waals surface area contributed by atoms with Crippen LogP contribution in [-0.2, 0) is 13.0 Å². The SMILES string of the molecule is Cc1cc2c(n1Cc1ccccc1)CCCC2N. The van der Waals surface area contributed by atoms with Crippen molar-refractivity contribution in [3.05, 3.63) is 58.9 Å². The van der Waals surface area contributed by atoms with E-state index in [-0.39, 0.29) is 6.04 Å². The number of fused-ring (bicyclic) bond motifs is 1. The van der Waals surface area contributed by atoms with Crippen LogP contribution >= 0.6 is 0 Å². The van der Waals surface area contributed by atoms with E-state index in [9.17, 15) is 0 Å². The zero-order chi connectivity index (χ0) is 12.5. The van der Waals surface area contributed by atoms with Crippen molar-refractivity contribution in [2.24, 2.45) is 5.73 Å². The molecule has 2 nitrogen and oxygen atoms in total. The Morgan fingerprint density at radius 2 is 2.06 bits per heavy atom. The first kappa shape index (κ1) is 11.5. The van der Waals surface area contributed by atoms with E-state index < -0.39 is 0 Å². The number of benzene rings is 1. The van der Waals surface area contributed by atoms with Gasteiger partial charge in [0.1, 0.15) is 0 Å². The third-order valence-corrected chi connectivity index (χ3v) is 3.96. The summed E-state index contributed by atoms with van der Waals surface area (Å²) >= 11 is 0. The highest BCUT2D eigenvalue weighted by Gasteiger charge is 2.21. The summed E-state index contributed by atoms with van der Waals surface area (Å²) in [5, 5.41) is 0. The highest BCUT2D eigenvalue weighted by molar-refractivity contribution is 5.33. The molecule has 0 amide bonds. The topological polar surface area (TPSA) is 30.9 Å². The lowest BCUT2D eigenvalue weighted by atomic mass is 9.93. The molecule has 2 aromatic rings. The first-order valence-corrected chi connectivity index (χ1v) is 6.74. The third kappa shape index (κ3) is 1.97. The van der Waals surface area contributed by atoms with Crippen LogP contribution in [-0.4, -0.2) is 4.57 Å². The minimum atomic E-state index is 0.240. The molecule has 2 heteroatoms. The van der Waals surface area contributed by atoms with E-state index in [2.05, 4.69) is 47.9 Å². The molecule has 1 atom stereocenters. The van der Waals surface area contributed by atoms with Gasteiger partial charge in [-0.05, 0) is 43.4 Å². The molecular weight excluding hydrogens is 220 g/mol. The normalized spacial score (nSPS) is 18.7. The standard InChI is InChI=1S/C16H20N2/c1-12-10-14-15(17)8-5-9-16(14)18(12)11-13-6-3-2-4-7-13/h2-4,6-7,10,15H,5,8-9,11,17H2,1H3. The van der Waals surface area contributed by atoms with Gasteiger partial charge in [-0.1, -0.05) is 30.3 Å². The lowest BCUT2D eigenvalue weighted by molar-refractivity contribution is 0.546. The first-order chi connectivity index (χ1) is 8.75. The summed E-state index contributed by atoms with van der Waals surface area (Å²) in [7, 11) is 0. The van der Waals surface area contributed by atoms with Gasteiger partial charge in [-0.2, -0.15) is 0 Å². The van der Waals surface area contributed by atoms with Crippen molar-refractivity contribution in [3.8, 4) is 0 Å². The molecular formula is C16H20N2. The van der Waals surface area contributed by atoms with Gasteiger partial charge in [-0.3, -0.25) is 0 Å². The number of hydrogen-bond donors (Lipinski definition) is 1. The zero-order valence-electron chi connectivity index (χ0n) is 10.9. The summed E-state index contributed by atoms with van der Waals surface area (Å²) in [4.78, 5) is 0. The molecule has 1 heterocycles. The van der Waals surface area contributed by atoms with Crippen LogP contribution in [0.2, 0.25) is 0 Å². The van der Waals surface area contributed by atoms with Crippen molar-refractivity contribution >= 4 is 0 Å². The van der Waals surface area contributed by atoms with Gasteiger partial charge in [0.2, 0.25) is 0 Å². The van der Waals surface area contributed by atoms with E-state index in [0.717, 1.165) is 13.0 Å². The quantitative estimate of drug-likeness (QED) is 0.858. The average Bonchev–Trinajstić information content (AvgIpc) is 2.70. The van der Waals surface area contributed by atoms with Gasteiger partial charge in [0.05, 0.1) is 0 Å². The van der Waals surface area contributed by atoms with Gasteiger partial charge in [-0.25, -0.2) is 0 Å². The maximum Gasteiger partial charge on any atom is 0.0475 e. The first-order valence-electron chi connectivity index (χ1n) is 6.74. The van der Waals surface area contributed by atoms with E-state index in [0.29, 0.717) is 0 Å². The van der Waals surface area contributed by atoms with Gasteiger partial charge >= 0.3 is 0 Å². The van der Waals surface area contributed by atoms with Crippen LogP contribution < -0.4 is 5.73 Å². The summed E-state index contributed by atoms with van der Waals surface area (Å²) in [6.45, 7) is 3.16. The maximum absolute atomic E-state index is 6.21. The van der Waals surface area contributed by atoms with Crippen molar-refractivity contribution < 1.29 is 0 Å². The second kappa shape index (κ2) is 4.62. The molecule has 0 bridgehead atoms. The van der Waals surface area contributed by atoms with Crippen LogP contribution in [0.25, 0.3) is 0 Å². The smallest absolute Gasteiger partial charge is 0.0475 e. The fraction of sp³-hybridized carbons (Fsp3) is 0.375. The molecule has 0 saturated heterocycles. The molecule has 0 saturated carbocycles. The molecule has 0 fully saturated rings. The highest BCUT2D eigenvalue weighted by atomic mass is 15.0. The molecule has 0 spiro atoms. The van der Waals surface area contributed by atoms with Gasteiger partial charge in [0, 0.05) is 24.0 Å². The molecule has 1 aromatic carbocycles. The molecule has 2 N–H and O–H groups in total. The predicted molar refractivity (Wildman–Crippen MR) is 74.6 cm³/mol. The van der Waals surface area contributed by atoms with Crippen molar-refractivity contribution in [2.45, 2.75) is 38.8 Å². The second-order valence-corrected chi connectivity index (χ2v) is 5.26. The van der Waals surface area contributed by atoms with Crippen molar-refractivity contribution in [1.82, 2.24) is 4.57 Å². The maximum atomic E-state index is 6.21. The van der Waals surface area contributed by atoms with Gasteiger partial charge in [0.15, 0.2) is 0 Å². The van der Waals surface area contributed by atoms with E-state index in [1.54, 1.807) is 0 Å². The van der Waals surface area contributed by atoms with Crippen molar-refractivity contribution in [2.75, 3.05) is 0 Å². The lowest BCUT2D eigenvalue weighted by Gasteiger charge is -2.21. The lowest BCUT2D eigenvalue weighted by Crippen LogP contribution is -2.18. The Morgan fingerprint density at radius 3 is 2.83 bits per heavy atom. The Labute approximate surface area is 108 Å². The Kier molecular flexibility index (Phi) is 2.96. The number of aromatic nitrogens is 1. The minimum Gasteiger partial charge on any atom is -0.344 e. The van der Waals surface area contributed by atoms with Crippen molar-refractivity contribution in [3.63, 3.8) is 0 Å². The monoisotopic (exact) mass is 240 g/mol. The molecule has 0 aliphatic heterocycles. The average molecular weight is 240 g/mol. The minimum absolute atomic E-state index is 0.240. The van der Waals surface area contributed by atoms with E-state index >= 15 is 0 Å². The summed E-state index contributed by atoms with van der Waals surface area (Å²) in [6, 6.07) is 13.2. The number of hydrogen-bond acceptors (Lipinski definition) is 1. The van der Waals surface area contributed by atoms with Crippen LogP contribution in [0.1, 0.15) is 41.4 Å². The summed E-state index contributed by atoms with van der Waals surface area (Å²) in [6.07, 6.45) is 3.51. The van der Waals surface area contributed by atoms with Crippen LogP contribution in [0.15, 0.2) is 36.4 Å². The van der Waals surface area contributed by atoms with Crippen LogP contribution in [0.5, 0.6) is 0 Å². The van der Waals surface area contributed by atoms with Crippen molar-refractivity contribution in [1.29, 1.82) is 0 Å². The number of nitrogens with two attached hydrogens (primary N) is 1. The van der Waals surface area contributed by atoms with Gasteiger partial charge < -0.3 is 10.3 Å². The number of aryl methyl sites for hydroxylation is 1. The Bertz CT molecular complexity index is 540. The van der Waals surface area contributed by atoms with E-state index in [1.165, 1.54) is 35.4 Å². The molecule has 3 rings (SSSR count). The zero-order valence-corrected chi connectivity index (χ0v) is 10.9. The summed E-state index contributed by atoms with van der Waals surface area (Å²) in [5.74, 6) is 0. The molecule has 1 aromatic heterocycles. The second-order valence-electron chi connectivity index (χ2n) is 5.26. The van der Waals surface area contributed by atoms with E-state index in [1.807, 2.05) is 0 Å². The molecule has 94 valence electrons. The highest BCUT2D eigenvalue weighted by Crippen LogP contribution is 2.31. The number of rotatable bonds is 2. The van der Waals surface area contributed by atoms with Gasteiger partial charge in [0.25, 0.3) is 0 Å². The Balaban J connectivity index is 1.97. The molecule has 1 aliphatic rings. The fourth-order valence-electron chi connectivity index (χ4n) is 2.99. The fourth-order valence-corrected chi connectivity index (χ4v) is 2.99. The molecule has 1 unspecified atom stereocenters. The summed E-state index contributed by atoms with van der Waals surface area (Å²) < 4.78 is 2.43. The van der Waals surface area contributed by atoms with Crippen LogP contribution in [0.3, 0.4) is 0 Å². The van der Waals surface area contributed by atoms with Crippen LogP contribution in [0, 0.1) is 6.92 Å². The summed E-state index contributed by atoms with van der Waals surface area (Å²) in [5.41, 5.74) is 11.7. The number of nitrogens with zero attached hydrogens (tertiary/aromatic N) is 1. The molecule has 18 heavy (non-hydrogen) atoms. The Morgan fingerprint density at radius 1 is 1.28 bits per heavy atom. The predicted octanol–water partition coefficient (Wildman–Crippen LogP) is 3.18. The van der Waals surface area contributed by atoms with Crippen LogP contribution in [0.4, 0.5) is 0 Å². The largest absolute Gasteiger partial charge is 0.344 e. The molecule has 0 radical (unpaired) electrons. The third-order valence-electron chi connectivity index (χ3n) is 3.96. The van der Waals surface area contributed by atoms with Gasteiger partial charge in [-0.15, -0.1) is 0 Å². The Hall–Kier alpha value is -1.54.